The molecule has 0 spiro atoms. The van der Waals surface area contributed by atoms with Crippen molar-refractivity contribution in [1.29, 1.82) is 0 Å². The van der Waals surface area contributed by atoms with Gasteiger partial charge < -0.3 is 19.5 Å². The van der Waals surface area contributed by atoms with Crippen molar-refractivity contribution in [3.8, 4) is 11.5 Å². The summed E-state index contributed by atoms with van der Waals surface area (Å²) in [4.78, 5) is 42.8. The smallest absolute Gasteiger partial charge is 0.359 e. The third-order valence-corrected chi connectivity index (χ3v) is 3.16. The lowest BCUT2D eigenvalue weighted by atomic mass is 10.2. The molecule has 0 bridgehead atoms. The third kappa shape index (κ3) is 6.24. The summed E-state index contributed by atoms with van der Waals surface area (Å²) < 4.78 is 15.7. The minimum Gasteiger partial charge on any atom is -0.490 e. The first-order valence-corrected chi connectivity index (χ1v) is 8.47. The molecule has 1 heterocycles. The molecular formula is C18H20N4O6. The van der Waals surface area contributed by atoms with Gasteiger partial charge in [0.05, 0.1) is 19.4 Å². The number of hydrogen-bond acceptors (Lipinski definition) is 8. The number of nitrogens with one attached hydrogen (secondary N) is 2. The standard InChI is InChI=1S/C18H20N4O6/c1-3-26-14-6-5-12(9-15(14)27-4-2)21-18(25)22-16(23)11-28-17(24)13-10-19-7-8-20-13/h5-10H,3-4,11H2,1-2H3,(H2,21,22,23,25). The summed E-state index contributed by atoms with van der Waals surface area (Å²) >= 11 is 0. The zero-order chi connectivity index (χ0) is 20.4. The van der Waals surface area contributed by atoms with Crippen LogP contribution in [-0.2, 0) is 9.53 Å². The van der Waals surface area contributed by atoms with Crippen molar-refractivity contribution in [3.63, 3.8) is 0 Å². The van der Waals surface area contributed by atoms with Crippen molar-refractivity contribution in [1.82, 2.24) is 15.3 Å². The van der Waals surface area contributed by atoms with Gasteiger partial charge in [-0.25, -0.2) is 14.6 Å². The Morgan fingerprint density at radius 3 is 2.46 bits per heavy atom. The maximum Gasteiger partial charge on any atom is 0.359 e. The summed E-state index contributed by atoms with van der Waals surface area (Å²) in [6.07, 6.45) is 3.91. The van der Waals surface area contributed by atoms with E-state index in [1.165, 1.54) is 18.6 Å². The van der Waals surface area contributed by atoms with Gasteiger partial charge in [0.15, 0.2) is 23.8 Å². The molecule has 0 saturated heterocycles. The maximum absolute atomic E-state index is 11.9. The van der Waals surface area contributed by atoms with E-state index in [1.807, 2.05) is 13.8 Å². The fraction of sp³-hybridized carbons (Fsp3) is 0.278. The summed E-state index contributed by atoms with van der Waals surface area (Å²) in [5.74, 6) is -0.615. The lowest BCUT2D eigenvalue weighted by Gasteiger charge is -2.13. The van der Waals surface area contributed by atoms with E-state index in [4.69, 9.17) is 14.2 Å². The Balaban J connectivity index is 1.86. The molecule has 0 aliphatic carbocycles. The lowest BCUT2D eigenvalue weighted by molar-refractivity contribution is -0.123. The Bertz CT molecular complexity index is 828. The van der Waals surface area contributed by atoms with Gasteiger partial charge in [0.2, 0.25) is 0 Å². The molecule has 0 radical (unpaired) electrons. The van der Waals surface area contributed by atoms with Crippen molar-refractivity contribution < 1.29 is 28.6 Å². The number of carbonyl (C=O) groups is 3. The summed E-state index contributed by atoms with van der Waals surface area (Å²) in [7, 11) is 0. The van der Waals surface area contributed by atoms with Crippen molar-refractivity contribution in [2.75, 3.05) is 25.1 Å². The molecule has 10 heteroatoms. The van der Waals surface area contributed by atoms with Gasteiger partial charge in [-0.1, -0.05) is 0 Å². The topological polar surface area (TPSA) is 129 Å². The molecule has 10 nitrogen and oxygen atoms in total. The van der Waals surface area contributed by atoms with Gasteiger partial charge in [-0.3, -0.25) is 15.1 Å². The fourth-order valence-corrected chi connectivity index (χ4v) is 2.06. The summed E-state index contributed by atoms with van der Waals surface area (Å²) in [6.45, 7) is 3.92. The lowest BCUT2D eigenvalue weighted by Crippen LogP contribution is -2.37. The molecule has 28 heavy (non-hydrogen) atoms. The average molecular weight is 388 g/mol. The fourth-order valence-electron chi connectivity index (χ4n) is 2.06. The van der Waals surface area contributed by atoms with E-state index < -0.39 is 24.5 Å². The van der Waals surface area contributed by atoms with Crippen LogP contribution in [0, 0.1) is 0 Å². The highest BCUT2D eigenvalue weighted by atomic mass is 16.5. The number of carbonyl (C=O) groups excluding carboxylic acids is 3. The number of aromatic nitrogens is 2. The third-order valence-electron chi connectivity index (χ3n) is 3.16. The number of imide groups is 1. The number of anilines is 1. The SMILES string of the molecule is CCOc1ccc(NC(=O)NC(=O)COC(=O)c2cnccn2)cc1OCC. The molecule has 0 atom stereocenters. The highest BCUT2D eigenvalue weighted by Gasteiger charge is 2.14. The second-order valence-corrected chi connectivity index (χ2v) is 5.20. The first-order valence-electron chi connectivity index (χ1n) is 8.47. The number of rotatable bonds is 8. The van der Waals surface area contributed by atoms with E-state index in [2.05, 4.69) is 20.6 Å². The molecule has 1 aromatic heterocycles. The maximum atomic E-state index is 11.9. The molecule has 0 saturated carbocycles. The Hall–Kier alpha value is -3.69. The molecule has 2 aromatic rings. The highest BCUT2D eigenvalue weighted by molar-refractivity contribution is 6.02. The zero-order valence-corrected chi connectivity index (χ0v) is 15.4. The van der Waals surface area contributed by atoms with Crippen LogP contribution in [0.3, 0.4) is 0 Å². The van der Waals surface area contributed by atoms with Gasteiger partial charge >= 0.3 is 12.0 Å². The van der Waals surface area contributed by atoms with E-state index in [0.717, 1.165) is 0 Å². The van der Waals surface area contributed by atoms with Crippen LogP contribution in [-0.4, -0.2) is 47.7 Å². The molecular weight excluding hydrogens is 368 g/mol. The van der Waals surface area contributed by atoms with E-state index in [0.29, 0.717) is 30.4 Å². The summed E-state index contributed by atoms with van der Waals surface area (Å²) in [6, 6.07) is 4.04. The van der Waals surface area contributed by atoms with Gasteiger partial charge in [0.1, 0.15) is 0 Å². The van der Waals surface area contributed by atoms with Crippen LogP contribution in [0.5, 0.6) is 11.5 Å². The molecule has 0 aliphatic rings. The molecule has 3 amide bonds. The monoisotopic (exact) mass is 388 g/mol. The number of benzene rings is 1. The number of urea groups is 1. The van der Waals surface area contributed by atoms with Crippen molar-refractivity contribution >= 4 is 23.6 Å². The zero-order valence-electron chi connectivity index (χ0n) is 15.4. The first kappa shape index (κ1) is 20.6. The first-order chi connectivity index (χ1) is 13.5. The van der Waals surface area contributed by atoms with Crippen LogP contribution in [0.15, 0.2) is 36.8 Å². The molecule has 0 fully saturated rings. The minimum absolute atomic E-state index is 0.0439. The normalized spacial score (nSPS) is 9.93. The van der Waals surface area contributed by atoms with Crippen LogP contribution < -0.4 is 20.1 Å². The predicted octanol–water partition coefficient (Wildman–Crippen LogP) is 1.78. The van der Waals surface area contributed by atoms with Gasteiger partial charge in [-0.05, 0) is 26.0 Å². The average Bonchev–Trinajstić information content (AvgIpc) is 2.69. The van der Waals surface area contributed by atoms with Crippen molar-refractivity contribution in [2.24, 2.45) is 0 Å². The van der Waals surface area contributed by atoms with Crippen LogP contribution in [0.1, 0.15) is 24.3 Å². The number of nitrogens with zero attached hydrogens (tertiary/aromatic N) is 2. The number of ether oxygens (including phenoxy) is 3. The van der Waals surface area contributed by atoms with Crippen LogP contribution in [0.4, 0.5) is 10.5 Å². The molecule has 148 valence electrons. The summed E-state index contributed by atoms with van der Waals surface area (Å²) in [5.41, 5.74) is 0.353. The van der Waals surface area contributed by atoms with Gasteiger partial charge in [-0.15, -0.1) is 0 Å². The molecule has 0 aliphatic heterocycles. The number of hydrogen-bond donors (Lipinski definition) is 2. The predicted molar refractivity (Wildman–Crippen MR) is 98.3 cm³/mol. The number of esters is 1. The van der Waals surface area contributed by atoms with Crippen LogP contribution >= 0.6 is 0 Å². The van der Waals surface area contributed by atoms with Crippen molar-refractivity contribution in [3.05, 3.63) is 42.5 Å². The van der Waals surface area contributed by atoms with Crippen LogP contribution in [0.2, 0.25) is 0 Å². The Morgan fingerprint density at radius 1 is 1.04 bits per heavy atom. The van der Waals surface area contributed by atoms with E-state index in [9.17, 15) is 14.4 Å². The van der Waals surface area contributed by atoms with E-state index in [1.54, 1.807) is 18.2 Å². The Morgan fingerprint density at radius 2 is 1.79 bits per heavy atom. The van der Waals surface area contributed by atoms with E-state index in [-0.39, 0.29) is 5.69 Å². The second-order valence-electron chi connectivity index (χ2n) is 5.20. The van der Waals surface area contributed by atoms with Gasteiger partial charge in [0, 0.05) is 24.1 Å². The molecule has 2 N–H and O–H groups in total. The molecule has 0 unspecified atom stereocenters. The van der Waals surface area contributed by atoms with Crippen molar-refractivity contribution in [2.45, 2.75) is 13.8 Å². The minimum atomic E-state index is -0.823. The summed E-state index contributed by atoms with van der Waals surface area (Å²) in [5, 5.41) is 4.54. The highest BCUT2D eigenvalue weighted by Crippen LogP contribution is 2.30. The Kier molecular flexibility index (Phi) is 7.70. The van der Waals surface area contributed by atoms with Crippen LogP contribution in [0.25, 0.3) is 0 Å². The largest absolute Gasteiger partial charge is 0.490 e. The number of amides is 3. The molecule has 1 aromatic carbocycles. The van der Waals surface area contributed by atoms with Gasteiger partial charge in [-0.2, -0.15) is 0 Å². The Labute approximate surface area is 161 Å². The second kappa shape index (κ2) is 10.5. The van der Waals surface area contributed by atoms with E-state index >= 15 is 0 Å². The quantitative estimate of drug-likeness (QED) is 0.655. The van der Waals surface area contributed by atoms with Gasteiger partial charge in [0.25, 0.3) is 5.91 Å². The molecule has 2 rings (SSSR count).